The van der Waals surface area contributed by atoms with Crippen molar-refractivity contribution in [3.05, 3.63) is 0 Å². The molecule has 0 heterocycles. The van der Waals surface area contributed by atoms with Gasteiger partial charge in [-0.25, -0.2) is 9.18 Å². The molecule has 1 amide bonds. The van der Waals surface area contributed by atoms with Crippen LogP contribution < -0.4 is 5.32 Å². The average Bonchev–Trinajstić information content (AvgIpc) is 3.16. The van der Waals surface area contributed by atoms with Crippen molar-refractivity contribution in [2.24, 2.45) is 46.3 Å². The van der Waals surface area contributed by atoms with Crippen molar-refractivity contribution in [2.75, 3.05) is 6.54 Å². The van der Waals surface area contributed by atoms with Gasteiger partial charge in [-0.05, 0) is 97.7 Å². The summed E-state index contributed by atoms with van der Waals surface area (Å²) in [6, 6.07) is 0. The molecule has 200 valence electrons. The van der Waals surface area contributed by atoms with E-state index < -0.39 is 30.9 Å². The quantitative estimate of drug-likeness (QED) is 0.368. The van der Waals surface area contributed by atoms with Gasteiger partial charge in [0, 0.05) is 6.42 Å². The predicted molar refractivity (Wildman–Crippen MR) is 128 cm³/mol. The number of carboxylic acids is 1. The smallest absolute Gasteiger partial charge is 0.340 e. The Labute approximate surface area is 207 Å². The number of nitrogens with one attached hydrogen (secondary N) is 1. The molecular formula is C27H44FNO6. The number of hydrogen-bond acceptors (Lipinski definition) is 5. The standard InChI is InChI=1S/C27H44FNO6/c1-14(4-7-23(33)29-13-20(28)25(34)35)17-5-6-18-24-19(12-22(32)27(17,18)3)26(2)9-8-16(30)10-15(26)11-21(24)31/h14-22,24,30-32H,4-13H2,1-3H3,(H,29,33)(H,34,35)/t14-,15+,16-,17-,18?,19?,20?,21?,22+,24?,26+,27-/m1/s1. The van der Waals surface area contributed by atoms with E-state index in [2.05, 4.69) is 26.1 Å². The van der Waals surface area contributed by atoms with E-state index in [-0.39, 0.29) is 58.9 Å². The van der Waals surface area contributed by atoms with E-state index in [1.807, 2.05) is 0 Å². The molecule has 0 aliphatic heterocycles. The number of carbonyl (C=O) groups excluding carboxylic acids is 1. The number of rotatable bonds is 7. The van der Waals surface area contributed by atoms with Crippen LogP contribution in [0.15, 0.2) is 0 Å². The lowest BCUT2D eigenvalue weighted by molar-refractivity contribution is -0.207. The van der Waals surface area contributed by atoms with Gasteiger partial charge in [0.15, 0.2) is 0 Å². The highest BCUT2D eigenvalue weighted by molar-refractivity contribution is 5.78. The maximum atomic E-state index is 13.3. The number of alkyl halides is 1. The summed E-state index contributed by atoms with van der Waals surface area (Å²) in [5.41, 5.74) is -0.291. The van der Waals surface area contributed by atoms with E-state index in [0.717, 1.165) is 38.5 Å². The van der Waals surface area contributed by atoms with Gasteiger partial charge in [-0.2, -0.15) is 0 Å². The Morgan fingerprint density at radius 3 is 2.46 bits per heavy atom. The second-order valence-corrected chi connectivity index (χ2v) is 12.7. The largest absolute Gasteiger partial charge is 0.479 e. The highest BCUT2D eigenvalue weighted by Crippen LogP contribution is 2.68. The first-order valence-electron chi connectivity index (χ1n) is 13.6. The molecule has 0 spiro atoms. The Morgan fingerprint density at radius 1 is 1.06 bits per heavy atom. The van der Waals surface area contributed by atoms with Gasteiger partial charge in [0.2, 0.25) is 12.1 Å². The molecule has 4 saturated carbocycles. The van der Waals surface area contributed by atoms with Crippen LogP contribution in [0, 0.1) is 46.3 Å². The second kappa shape index (κ2) is 9.90. The van der Waals surface area contributed by atoms with Gasteiger partial charge >= 0.3 is 5.97 Å². The molecule has 4 aliphatic carbocycles. The summed E-state index contributed by atoms with van der Waals surface area (Å²) in [7, 11) is 0. The van der Waals surface area contributed by atoms with Crippen LogP contribution in [-0.2, 0) is 9.59 Å². The number of fused-ring (bicyclic) bond motifs is 5. The first-order chi connectivity index (χ1) is 16.4. The van der Waals surface area contributed by atoms with Crippen LogP contribution in [0.4, 0.5) is 4.39 Å². The van der Waals surface area contributed by atoms with Gasteiger partial charge in [-0.3, -0.25) is 4.79 Å². The van der Waals surface area contributed by atoms with E-state index in [0.29, 0.717) is 18.8 Å². The third kappa shape index (κ3) is 4.63. The molecule has 0 aromatic carbocycles. The molecule has 5 N–H and O–H groups in total. The van der Waals surface area contributed by atoms with Crippen LogP contribution in [-0.4, -0.2) is 63.3 Å². The van der Waals surface area contributed by atoms with Crippen molar-refractivity contribution >= 4 is 11.9 Å². The van der Waals surface area contributed by atoms with Crippen molar-refractivity contribution in [1.82, 2.24) is 5.32 Å². The van der Waals surface area contributed by atoms with Crippen molar-refractivity contribution in [1.29, 1.82) is 0 Å². The van der Waals surface area contributed by atoms with Crippen molar-refractivity contribution in [3.63, 3.8) is 0 Å². The molecule has 4 fully saturated rings. The van der Waals surface area contributed by atoms with E-state index in [9.17, 15) is 29.3 Å². The Hall–Kier alpha value is -1.25. The van der Waals surface area contributed by atoms with Gasteiger partial charge in [0.25, 0.3) is 0 Å². The summed E-state index contributed by atoms with van der Waals surface area (Å²) in [5.74, 6) is -0.642. The normalized spacial score (nSPS) is 46.6. The first-order valence-corrected chi connectivity index (χ1v) is 13.6. The molecule has 35 heavy (non-hydrogen) atoms. The predicted octanol–water partition coefficient (Wildman–Crippen LogP) is 2.90. The Kier molecular flexibility index (Phi) is 7.58. The van der Waals surface area contributed by atoms with Crippen LogP contribution >= 0.6 is 0 Å². The minimum Gasteiger partial charge on any atom is -0.479 e. The van der Waals surface area contributed by atoms with E-state index in [1.54, 1.807) is 0 Å². The third-order valence-corrected chi connectivity index (χ3v) is 11.1. The van der Waals surface area contributed by atoms with Crippen LogP contribution in [0.3, 0.4) is 0 Å². The van der Waals surface area contributed by atoms with Crippen LogP contribution in [0.1, 0.15) is 78.6 Å². The van der Waals surface area contributed by atoms with E-state index >= 15 is 0 Å². The van der Waals surface area contributed by atoms with Gasteiger partial charge in [-0.1, -0.05) is 20.8 Å². The molecule has 0 bridgehead atoms. The summed E-state index contributed by atoms with van der Waals surface area (Å²) in [6.07, 6.45) is 3.28. The number of amides is 1. The Morgan fingerprint density at radius 2 is 1.77 bits per heavy atom. The molecule has 5 unspecified atom stereocenters. The molecule has 8 heteroatoms. The summed E-state index contributed by atoms with van der Waals surface area (Å²) in [6.45, 7) is 6.08. The lowest BCUT2D eigenvalue weighted by Crippen LogP contribution is -2.62. The van der Waals surface area contributed by atoms with Gasteiger partial charge in [-0.15, -0.1) is 0 Å². The zero-order valence-corrected chi connectivity index (χ0v) is 21.3. The zero-order valence-electron chi connectivity index (χ0n) is 21.3. The fourth-order valence-corrected chi connectivity index (χ4v) is 9.07. The molecule has 0 aromatic heterocycles. The summed E-state index contributed by atoms with van der Waals surface area (Å²) in [4.78, 5) is 22.8. The molecule has 4 aliphatic rings. The Bertz CT molecular complexity index is 811. The number of aliphatic hydroxyl groups excluding tert-OH is 3. The monoisotopic (exact) mass is 497 g/mol. The Balaban J connectivity index is 1.44. The van der Waals surface area contributed by atoms with Gasteiger partial charge < -0.3 is 25.7 Å². The lowest BCUT2D eigenvalue weighted by atomic mass is 9.43. The molecule has 12 atom stereocenters. The first kappa shape index (κ1) is 26.8. The number of aliphatic hydroxyl groups is 3. The van der Waals surface area contributed by atoms with Crippen molar-refractivity contribution < 1.29 is 34.4 Å². The average molecular weight is 498 g/mol. The van der Waals surface area contributed by atoms with Gasteiger partial charge in [0.05, 0.1) is 24.9 Å². The number of carboxylic acid groups (broad SMARTS) is 1. The lowest BCUT2D eigenvalue weighted by Gasteiger charge is -2.63. The summed E-state index contributed by atoms with van der Waals surface area (Å²) in [5, 5.41) is 44.2. The van der Waals surface area contributed by atoms with Gasteiger partial charge in [0.1, 0.15) is 0 Å². The van der Waals surface area contributed by atoms with E-state index in [1.165, 1.54) is 0 Å². The summed E-state index contributed by atoms with van der Waals surface area (Å²) < 4.78 is 13.3. The fraction of sp³-hybridized carbons (Fsp3) is 0.926. The molecular weight excluding hydrogens is 453 g/mol. The summed E-state index contributed by atoms with van der Waals surface area (Å²) >= 11 is 0. The van der Waals surface area contributed by atoms with Crippen molar-refractivity contribution in [2.45, 2.75) is 103 Å². The number of hydrogen-bond donors (Lipinski definition) is 5. The number of halogens is 1. The van der Waals surface area contributed by atoms with E-state index in [4.69, 9.17) is 5.11 Å². The second-order valence-electron chi connectivity index (χ2n) is 12.7. The maximum absolute atomic E-state index is 13.3. The maximum Gasteiger partial charge on any atom is 0.340 e. The fourth-order valence-electron chi connectivity index (χ4n) is 9.07. The SMILES string of the molecule is C[C@H](CCC(=O)NCC(F)C(=O)O)[C@H]1CCC2C3C(O)C[C@@H]4C[C@H](O)CC[C@]4(C)C3C[C@H](O)[C@@]21C. The molecule has 0 aromatic rings. The molecule has 0 saturated heterocycles. The molecule has 4 rings (SSSR count). The topological polar surface area (TPSA) is 127 Å². The minimum atomic E-state index is -2.10. The molecule has 0 radical (unpaired) electrons. The van der Waals surface area contributed by atoms with Crippen molar-refractivity contribution in [3.8, 4) is 0 Å². The third-order valence-electron chi connectivity index (χ3n) is 11.1. The van der Waals surface area contributed by atoms with Crippen LogP contribution in [0.25, 0.3) is 0 Å². The molecule has 7 nitrogen and oxygen atoms in total. The minimum absolute atomic E-state index is 0.0391. The highest BCUT2D eigenvalue weighted by atomic mass is 19.1. The zero-order chi connectivity index (χ0) is 25.7. The van der Waals surface area contributed by atoms with Crippen LogP contribution in [0.5, 0.6) is 0 Å². The number of carbonyl (C=O) groups is 2. The highest BCUT2D eigenvalue weighted by Gasteiger charge is 2.65. The number of aliphatic carboxylic acids is 1. The van der Waals surface area contributed by atoms with Crippen LogP contribution in [0.2, 0.25) is 0 Å².